The van der Waals surface area contributed by atoms with Gasteiger partial charge in [-0.2, -0.15) is 0 Å². The minimum atomic E-state index is -0.790. The molecule has 0 radical (unpaired) electrons. The Balaban J connectivity index is 1.51. The van der Waals surface area contributed by atoms with Gasteiger partial charge < -0.3 is 15.8 Å². The molecule has 1 aliphatic carbocycles. The smallest absolute Gasteiger partial charge is 0.242 e. The fourth-order valence-corrected chi connectivity index (χ4v) is 5.45. The lowest BCUT2D eigenvalue weighted by atomic mass is 9.94. The van der Waals surface area contributed by atoms with E-state index in [9.17, 15) is 18.0 Å². The minimum absolute atomic E-state index is 0.0451. The summed E-state index contributed by atoms with van der Waals surface area (Å²) in [5.41, 5.74) is 9.97. The lowest BCUT2D eigenvalue weighted by Crippen LogP contribution is -2.34. The standard InChI is InChI=1S/C32H32F3N5O2/c1-3-42-32-25-7-4-5-9-29(25)40(39-32)18-30(41)38-28(15-20-13-22(33)17-23(34)14-20)31-24(8-6-12-37-31)21-10-11-27(35)26(16-21)19(2)36/h6,8,10-14,16-17,28H,2-5,7,9,15,18,36H2,1H3,(H,38,41)/t28-/m0/s1. The normalized spacial score (nSPS) is 13.3. The molecule has 5 rings (SSSR count). The van der Waals surface area contributed by atoms with Crippen molar-refractivity contribution in [2.75, 3.05) is 6.61 Å². The van der Waals surface area contributed by atoms with E-state index in [1.165, 1.54) is 18.2 Å². The molecule has 0 unspecified atom stereocenters. The number of nitrogens with one attached hydrogen (secondary N) is 1. The molecule has 1 aliphatic rings. The molecule has 0 fully saturated rings. The molecule has 2 aromatic carbocycles. The first-order valence-corrected chi connectivity index (χ1v) is 13.9. The molecule has 2 heterocycles. The van der Waals surface area contributed by atoms with Gasteiger partial charge in [0.05, 0.1) is 18.3 Å². The molecule has 0 aliphatic heterocycles. The Kier molecular flexibility index (Phi) is 8.61. The number of carbonyl (C=O) groups is 1. The van der Waals surface area contributed by atoms with Crippen molar-refractivity contribution in [1.82, 2.24) is 20.1 Å². The summed E-state index contributed by atoms with van der Waals surface area (Å²) in [6.45, 7) is 5.93. The van der Waals surface area contributed by atoms with Crippen LogP contribution in [-0.2, 0) is 30.6 Å². The van der Waals surface area contributed by atoms with Gasteiger partial charge in [0.25, 0.3) is 0 Å². The Morgan fingerprint density at radius 2 is 1.88 bits per heavy atom. The molecule has 0 saturated heterocycles. The summed E-state index contributed by atoms with van der Waals surface area (Å²) in [5, 5.41) is 7.58. The lowest BCUT2D eigenvalue weighted by molar-refractivity contribution is -0.122. The predicted molar refractivity (Wildman–Crippen MR) is 154 cm³/mol. The van der Waals surface area contributed by atoms with E-state index in [2.05, 4.69) is 22.0 Å². The van der Waals surface area contributed by atoms with E-state index in [0.717, 1.165) is 43.0 Å². The van der Waals surface area contributed by atoms with E-state index in [4.69, 9.17) is 10.5 Å². The fourth-order valence-electron chi connectivity index (χ4n) is 5.45. The van der Waals surface area contributed by atoms with Gasteiger partial charge in [-0.3, -0.25) is 14.5 Å². The van der Waals surface area contributed by atoms with Crippen molar-refractivity contribution in [3.05, 3.63) is 107 Å². The number of rotatable bonds is 10. The molecule has 3 N–H and O–H groups in total. The number of halogens is 3. The molecular formula is C32H32F3N5O2. The van der Waals surface area contributed by atoms with Crippen LogP contribution in [0.1, 0.15) is 53.9 Å². The maximum Gasteiger partial charge on any atom is 0.242 e. The summed E-state index contributed by atoms with van der Waals surface area (Å²) in [7, 11) is 0. The molecule has 0 spiro atoms. The van der Waals surface area contributed by atoms with Crippen LogP contribution in [0, 0.1) is 17.5 Å². The van der Waals surface area contributed by atoms with E-state index in [-0.39, 0.29) is 30.1 Å². The van der Waals surface area contributed by atoms with Crippen molar-refractivity contribution in [3.8, 4) is 17.0 Å². The Morgan fingerprint density at radius 1 is 1.12 bits per heavy atom. The first kappa shape index (κ1) is 28.9. The van der Waals surface area contributed by atoms with Gasteiger partial charge in [-0.15, -0.1) is 5.10 Å². The van der Waals surface area contributed by atoms with Crippen LogP contribution in [-0.4, -0.2) is 27.3 Å². The van der Waals surface area contributed by atoms with Crippen molar-refractivity contribution in [2.45, 2.75) is 51.6 Å². The average Bonchev–Trinajstić information content (AvgIpc) is 3.29. The van der Waals surface area contributed by atoms with Crippen molar-refractivity contribution >= 4 is 11.6 Å². The summed E-state index contributed by atoms with van der Waals surface area (Å²) in [6.07, 6.45) is 5.26. The SMILES string of the molecule is C=C(N)c1cc(-c2cccnc2[C@H](Cc2cc(F)cc(F)c2)NC(=O)Cn2nc(OCC)c3c2CCCC3)ccc1F. The third-order valence-electron chi connectivity index (χ3n) is 7.28. The third kappa shape index (κ3) is 6.32. The number of nitrogens with zero attached hydrogens (tertiary/aromatic N) is 3. The number of benzene rings is 2. The monoisotopic (exact) mass is 575 g/mol. The molecule has 218 valence electrons. The quantitative estimate of drug-likeness (QED) is 0.254. The molecule has 42 heavy (non-hydrogen) atoms. The Morgan fingerprint density at radius 3 is 2.62 bits per heavy atom. The number of nitrogens with two attached hydrogens (primary N) is 1. The number of ether oxygens (including phenoxy) is 1. The predicted octanol–water partition coefficient (Wildman–Crippen LogP) is 5.67. The molecule has 2 aromatic heterocycles. The molecule has 7 nitrogen and oxygen atoms in total. The first-order chi connectivity index (χ1) is 20.2. The van der Waals surface area contributed by atoms with Crippen molar-refractivity contribution in [2.24, 2.45) is 5.73 Å². The third-order valence-corrected chi connectivity index (χ3v) is 7.28. The summed E-state index contributed by atoms with van der Waals surface area (Å²) in [4.78, 5) is 18.1. The highest BCUT2D eigenvalue weighted by Gasteiger charge is 2.26. The maximum absolute atomic E-state index is 14.4. The Bertz CT molecular complexity index is 1610. The maximum atomic E-state index is 14.4. The zero-order valence-corrected chi connectivity index (χ0v) is 23.3. The second-order valence-electron chi connectivity index (χ2n) is 10.3. The van der Waals surface area contributed by atoms with Crippen LogP contribution in [0.3, 0.4) is 0 Å². The highest BCUT2D eigenvalue weighted by atomic mass is 19.1. The number of fused-ring (bicyclic) bond motifs is 1. The topological polar surface area (TPSA) is 95.1 Å². The van der Waals surface area contributed by atoms with Crippen LogP contribution in [0.15, 0.2) is 61.3 Å². The van der Waals surface area contributed by atoms with Gasteiger partial charge in [0.2, 0.25) is 11.8 Å². The summed E-state index contributed by atoms with van der Waals surface area (Å²) >= 11 is 0. The molecule has 4 aromatic rings. The second kappa shape index (κ2) is 12.5. The molecular weight excluding hydrogens is 543 g/mol. The van der Waals surface area contributed by atoms with Crippen LogP contribution in [0.25, 0.3) is 16.8 Å². The summed E-state index contributed by atoms with van der Waals surface area (Å²) in [6, 6.07) is 10.4. The van der Waals surface area contributed by atoms with Crippen molar-refractivity contribution < 1.29 is 22.7 Å². The molecule has 0 bridgehead atoms. The van der Waals surface area contributed by atoms with Gasteiger partial charge in [-0.1, -0.05) is 18.7 Å². The van der Waals surface area contributed by atoms with E-state index >= 15 is 0 Å². The van der Waals surface area contributed by atoms with E-state index < -0.39 is 23.5 Å². The van der Waals surface area contributed by atoms with Crippen molar-refractivity contribution in [1.29, 1.82) is 0 Å². The van der Waals surface area contributed by atoms with Crippen LogP contribution < -0.4 is 15.8 Å². The molecule has 10 heteroatoms. The molecule has 1 atom stereocenters. The van der Waals surface area contributed by atoms with Gasteiger partial charge in [0, 0.05) is 40.3 Å². The highest BCUT2D eigenvalue weighted by molar-refractivity contribution is 5.78. The van der Waals surface area contributed by atoms with Gasteiger partial charge in [0.15, 0.2) is 0 Å². The summed E-state index contributed by atoms with van der Waals surface area (Å²) < 4.78 is 50.1. The number of carbonyl (C=O) groups excluding carboxylic acids is 1. The number of amides is 1. The number of pyridine rings is 1. The number of hydrogen-bond acceptors (Lipinski definition) is 5. The van der Waals surface area contributed by atoms with Gasteiger partial charge in [0.1, 0.15) is 24.0 Å². The number of aromatic nitrogens is 3. The minimum Gasteiger partial charge on any atom is -0.477 e. The average molecular weight is 576 g/mol. The van der Waals surface area contributed by atoms with E-state index in [1.807, 2.05) is 6.92 Å². The lowest BCUT2D eigenvalue weighted by Gasteiger charge is -2.22. The van der Waals surface area contributed by atoms with Crippen LogP contribution >= 0.6 is 0 Å². The zero-order valence-electron chi connectivity index (χ0n) is 23.3. The van der Waals surface area contributed by atoms with Crippen LogP contribution in [0.2, 0.25) is 0 Å². The summed E-state index contributed by atoms with van der Waals surface area (Å²) in [5.74, 6) is -1.79. The number of hydrogen-bond donors (Lipinski definition) is 2. The highest BCUT2D eigenvalue weighted by Crippen LogP contribution is 2.32. The molecule has 0 saturated carbocycles. The molecule has 1 amide bonds. The van der Waals surface area contributed by atoms with Crippen molar-refractivity contribution in [3.63, 3.8) is 0 Å². The van der Waals surface area contributed by atoms with Crippen LogP contribution in [0.5, 0.6) is 5.88 Å². The fraction of sp³-hybridized carbons (Fsp3) is 0.281. The second-order valence-corrected chi connectivity index (χ2v) is 10.3. The van der Waals surface area contributed by atoms with Crippen LogP contribution in [0.4, 0.5) is 13.2 Å². The Hall–Kier alpha value is -4.60. The van der Waals surface area contributed by atoms with Gasteiger partial charge >= 0.3 is 0 Å². The largest absolute Gasteiger partial charge is 0.477 e. The Labute approximate surface area is 242 Å². The van der Waals surface area contributed by atoms with Gasteiger partial charge in [-0.25, -0.2) is 13.2 Å². The van der Waals surface area contributed by atoms with E-state index in [1.54, 1.807) is 35.1 Å². The van der Waals surface area contributed by atoms with Gasteiger partial charge in [-0.05, 0) is 80.5 Å². The van der Waals surface area contributed by atoms with E-state index in [0.29, 0.717) is 34.9 Å². The zero-order chi connectivity index (χ0) is 29.8. The first-order valence-electron chi connectivity index (χ1n) is 13.9.